The van der Waals surface area contributed by atoms with Crippen LogP contribution < -0.4 is 10.6 Å². The molecule has 1 atom stereocenters. The van der Waals surface area contributed by atoms with Gasteiger partial charge in [-0.3, -0.25) is 0 Å². The minimum absolute atomic E-state index is 0.0217. The number of nitrogens with zero attached hydrogens (tertiary/aromatic N) is 3. The van der Waals surface area contributed by atoms with Gasteiger partial charge in [-0.2, -0.15) is 16.4 Å². The lowest BCUT2D eigenvalue weighted by Gasteiger charge is -2.19. The fourth-order valence-electron chi connectivity index (χ4n) is 3.53. The van der Waals surface area contributed by atoms with Gasteiger partial charge in [-0.05, 0) is 34.9 Å². The van der Waals surface area contributed by atoms with E-state index >= 15 is 0 Å². The Labute approximate surface area is 180 Å². The maximum absolute atomic E-state index is 12.3. The number of hydrogen-bond acceptors (Lipinski definition) is 8. The summed E-state index contributed by atoms with van der Waals surface area (Å²) in [5.41, 5.74) is 3.09. The molecule has 1 unspecified atom stereocenters. The van der Waals surface area contributed by atoms with Crippen molar-refractivity contribution in [1.29, 1.82) is 0 Å². The third-order valence-electron chi connectivity index (χ3n) is 4.94. The van der Waals surface area contributed by atoms with Crippen LogP contribution in [0.15, 0.2) is 72.9 Å². The molecule has 1 aromatic carbocycles. The van der Waals surface area contributed by atoms with Crippen LogP contribution >= 0.6 is 22.7 Å². The van der Waals surface area contributed by atoms with E-state index in [0.717, 1.165) is 17.7 Å². The van der Waals surface area contributed by atoms with E-state index in [4.69, 9.17) is 9.52 Å². The monoisotopic (exact) mass is 435 g/mol. The highest BCUT2D eigenvalue weighted by molar-refractivity contribution is 7.14. The highest BCUT2D eigenvalue weighted by atomic mass is 32.1. The van der Waals surface area contributed by atoms with Crippen molar-refractivity contribution in [2.24, 2.45) is 5.10 Å². The first-order chi connectivity index (χ1) is 14.6. The lowest BCUT2D eigenvalue weighted by atomic mass is 10.0. The number of aromatic nitrogens is 1. The summed E-state index contributed by atoms with van der Waals surface area (Å²) >= 11 is 3.03. The Morgan fingerprint density at radius 1 is 1.20 bits per heavy atom. The average Bonchev–Trinajstić information content (AvgIpc) is 3.48. The van der Waals surface area contributed by atoms with Gasteiger partial charge in [0, 0.05) is 17.9 Å². The lowest BCUT2D eigenvalue weighted by Crippen LogP contribution is -2.17. The molecule has 150 valence electrons. The van der Waals surface area contributed by atoms with Gasteiger partial charge in [0.25, 0.3) is 0 Å². The van der Waals surface area contributed by atoms with Gasteiger partial charge in [0.15, 0.2) is 0 Å². The molecule has 0 amide bonds. The Bertz CT molecular complexity index is 1280. The Kier molecular flexibility index (Phi) is 4.72. The number of anilines is 1. The molecular formula is C22H17N3O3S2. The van der Waals surface area contributed by atoms with Crippen LogP contribution in [0.4, 0.5) is 5.13 Å². The molecular weight excluding hydrogens is 418 g/mol. The van der Waals surface area contributed by atoms with Crippen LogP contribution in [0.2, 0.25) is 0 Å². The number of thiophene rings is 1. The molecule has 8 heteroatoms. The first kappa shape index (κ1) is 18.8. The quantitative estimate of drug-likeness (QED) is 0.477. The number of hydrazone groups is 1. The maximum Gasteiger partial charge on any atom is 0.349 e. The molecule has 3 aromatic heterocycles. The summed E-state index contributed by atoms with van der Waals surface area (Å²) in [6, 6.07) is 13.6. The van der Waals surface area contributed by atoms with Gasteiger partial charge in [-0.25, -0.2) is 14.8 Å². The summed E-state index contributed by atoms with van der Waals surface area (Å²) in [5, 5.41) is 23.6. The number of benzene rings is 1. The fraction of sp³-hybridized carbons (Fsp3) is 0.136. The molecule has 0 saturated heterocycles. The molecule has 6 nitrogen and oxygen atoms in total. The molecule has 0 spiro atoms. The zero-order valence-corrected chi connectivity index (χ0v) is 17.6. The molecule has 5 rings (SSSR count). The molecule has 1 aliphatic rings. The summed E-state index contributed by atoms with van der Waals surface area (Å²) in [6.45, 7) is 1.62. The van der Waals surface area contributed by atoms with Crippen molar-refractivity contribution in [3.8, 4) is 17.0 Å². The van der Waals surface area contributed by atoms with E-state index in [9.17, 15) is 9.90 Å². The molecule has 1 N–H and O–H groups in total. The molecule has 1 aliphatic heterocycles. The first-order valence-electron chi connectivity index (χ1n) is 9.34. The minimum atomic E-state index is -0.603. The van der Waals surface area contributed by atoms with E-state index in [1.165, 1.54) is 23.0 Å². The van der Waals surface area contributed by atoms with Crippen LogP contribution in [-0.2, 0) is 0 Å². The smallest absolute Gasteiger partial charge is 0.349 e. The predicted molar refractivity (Wildman–Crippen MR) is 120 cm³/mol. The van der Waals surface area contributed by atoms with Crippen molar-refractivity contribution in [3.05, 3.63) is 85.9 Å². The van der Waals surface area contributed by atoms with Gasteiger partial charge >= 0.3 is 5.63 Å². The first-order valence-corrected chi connectivity index (χ1v) is 11.2. The summed E-state index contributed by atoms with van der Waals surface area (Å²) < 4.78 is 5.14. The van der Waals surface area contributed by atoms with Crippen molar-refractivity contribution in [2.75, 3.05) is 5.01 Å². The summed E-state index contributed by atoms with van der Waals surface area (Å²) in [7, 11) is 0. The molecule has 0 saturated carbocycles. The Balaban J connectivity index is 1.56. The molecule has 0 aliphatic carbocycles. The zero-order chi connectivity index (χ0) is 20.7. The Hall–Kier alpha value is -3.23. The molecule has 30 heavy (non-hydrogen) atoms. The number of aryl methyl sites for hydroxylation is 1. The average molecular weight is 436 g/mol. The van der Waals surface area contributed by atoms with Gasteiger partial charge in [-0.15, -0.1) is 11.3 Å². The van der Waals surface area contributed by atoms with Crippen molar-refractivity contribution in [1.82, 2.24) is 4.98 Å². The standard InChI is InChI=1S/C22H17N3O3S2/c1-13-9-19(26)20(21(27)28-13)17-12-30-22(23-17)25-18(15-7-8-29-11-15)10-16(24-25)14-5-3-2-4-6-14/h2-9,11-12,18,26H,10H2,1H3. The number of thiazole rings is 1. The second-order valence-corrected chi connectivity index (χ2v) is 8.57. The Morgan fingerprint density at radius 3 is 2.77 bits per heavy atom. The topological polar surface area (TPSA) is 78.9 Å². The largest absolute Gasteiger partial charge is 0.507 e. The second kappa shape index (κ2) is 7.55. The molecule has 4 aromatic rings. The molecule has 0 bridgehead atoms. The lowest BCUT2D eigenvalue weighted by molar-refractivity contribution is 0.438. The van der Waals surface area contributed by atoms with Crippen molar-refractivity contribution in [2.45, 2.75) is 19.4 Å². The number of aromatic hydroxyl groups is 1. The van der Waals surface area contributed by atoms with Crippen LogP contribution in [0, 0.1) is 6.92 Å². The van der Waals surface area contributed by atoms with Crippen LogP contribution in [0.1, 0.15) is 29.3 Å². The summed E-state index contributed by atoms with van der Waals surface area (Å²) in [5.74, 6) is 0.218. The maximum atomic E-state index is 12.3. The van der Waals surface area contributed by atoms with Crippen molar-refractivity contribution >= 4 is 33.5 Å². The number of hydrogen-bond donors (Lipinski definition) is 1. The van der Waals surface area contributed by atoms with E-state index in [1.807, 2.05) is 23.2 Å². The van der Waals surface area contributed by atoms with Gasteiger partial charge in [0.1, 0.15) is 17.1 Å². The van der Waals surface area contributed by atoms with Gasteiger partial charge < -0.3 is 9.52 Å². The minimum Gasteiger partial charge on any atom is -0.507 e. The zero-order valence-electron chi connectivity index (χ0n) is 16.0. The van der Waals surface area contributed by atoms with Crippen LogP contribution in [0.3, 0.4) is 0 Å². The third-order valence-corrected chi connectivity index (χ3v) is 6.48. The SMILES string of the molecule is Cc1cc(O)c(-c2csc(N3N=C(c4ccccc4)CC3c3ccsc3)n2)c(=O)o1. The second-order valence-electron chi connectivity index (χ2n) is 6.95. The molecule has 0 fully saturated rings. The highest BCUT2D eigenvalue weighted by Gasteiger charge is 2.32. The van der Waals surface area contributed by atoms with Crippen LogP contribution in [-0.4, -0.2) is 15.8 Å². The van der Waals surface area contributed by atoms with E-state index < -0.39 is 5.63 Å². The van der Waals surface area contributed by atoms with E-state index in [2.05, 4.69) is 33.9 Å². The third kappa shape index (κ3) is 3.34. The fourth-order valence-corrected chi connectivity index (χ4v) is 5.05. The van der Waals surface area contributed by atoms with E-state index in [1.54, 1.807) is 23.6 Å². The number of rotatable bonds is 4. The summed E-state index contributed by atoms with van der Waals surface area (Å²) in [6.07, 6.45) is 0.758. The Morgan fingerprint density at radius 2 is 2.03 bits per heavy atom. The summed E-state index contributed by atoms with van der Waals surface area (Å²) in [4.78, 5) is 16.9. The van der Waals surface area contributed by atoms with Crippen molar-refractivity contribution < 1.29 is 9.52 Å². The van der Waals surface area contributed by atoms with Gasteiger partial charge in [-0.1, -0.05) is 30.3 Å². The molecule has 4 heterocycles. The van der Waals surface area contributed by atoms with Crippen molar-refractivity contribution in [3.63, 3.8) is 0 Å². The highest BCUT2D eigenvalue weighted by Crippen LogP contribution is 2.40. The normalized spacial score (nSPS) is 16.1. The molecule has 0 radical (unpaired) electrons. The van der Waals surface area contributed by atoms with Crippen LogP contribution in [0.25, 0.3) is 11.3 Å². The van der Waals surface area contributed by atoms with E-state index in [-0.39, 0.29) is 17.4 Å². The van der Waals surface area contributed by atoms with E-state index in [0.29, 0.717) is 16.6 Å². The van der Waals surface area contributed by atoms with Gasteiger partial charge in [0.2, 0.25) is 5.13 Å². The predicted octanol–water partition coefficient (Wildman–Crippen LogP) is 5.19. The van der Waals surface area contributed by atoms with Gasteiger partial charge in [0.05, 0.1) is 17.4 Å². The van der Waals surface area contributed by atoms with Crippen LogP contribution in [0.5, 0.6) is 5.75 Å².